The molecular weight excluding hydrogens is 236 g/mol. The number of rotatable bonds is 5. The molecule has 0 atom stereocenters. The maximum atomic E-state index is 12.0. The molecule has 96 valence electrons. The minimum absolute atomic E-state index is 0.172. The van der Waals surface area contributed by atoms with Gasteiger partial charge in [-0.2, -0.15) is 0 Å². The van der Waals surface area contributed by atoms with Crippen molar-refractivity contribution in [3.63, 3.8) is 0 Å². The van der Waals surface area contributed by atoms with E-state index in [1.807, 2.05) is 13.8 Å². The van der Waals surface area contributed by atoms with Gasteiger partial charge in [-0.15, -0.1) is 0 Å². The number of nitrogens with two attached hydrogens (primary N) is 1. The Labute approximate surface area is 103 Å². The van der Waals surface area contributed by atoms with Crippen LogP contribution in [0.5, 0.6) is 0 Å². The number of hydrogen-bond donors (Lipinski definition) is 1. The molecular formula is C12H20N2O2S. The summed E-state index contributed by atoms with van der Waals surface area (Å²) < 4.78 is 25.3. The van der Waals surface area contributed by atoms with Crippen molar-refractivity contribution in [2.75, 3.05) is 22.8 Å². The summed E-state index contributed by atoms with van der Waals surface area (Å²) >= 11 is 0. The Bertz CT molecular complexity index is 452. The smallest absolute Gasteiger partial charge is 0.234 e. The Kier molecular flexibility index (Phi) is 4.40. The summed E-state index contributed by atoms with van der Waals surface area (Å²) in [5.41, 5.74) is 6.83. The van der Waals surface area contributed by atoms with Crippen LogP contribution in [0.15, 0.2) is 24.3 Å². The van der Waals surface area contributed by atoms with Crippen LogP contribution in [0.2, 0.25) is 0 Å². The SMILES string of the molecule is CC(C)CCS(=O)(=O)N(C)c1ccc(N)cc1. The fourth-order valence-electron chi connectivity index (χ4n) is 1.37. The van der Waals surface area contributed by atoms with Crippen molar-refractivity contribution in [1.29, 1.82) is 0 Å². The average molecular weight is 256 g/mol. The lowest BCUT2D eigenvalue weighted by atomic mass is 10.2. The summed E-state index contributed by atoms with van der Waals surface area (Å²) in [4.78, 5) is 0. The Morgan fingerprint density at radius 1 is 1.24 bits per heavy atom. The van der Waals surface area contributed by atoms with Crippen molar-refractivity contribution in [3.05, 3.63) is 24.3 Å². The third-order valence-corrected chi connectivity index (χ3v) is 4.42. The van der Waals surface area contributed by atoms with Gasteiger partial charge in [0.25, 0.3) is 0 Å². The predicted octanol–water partition coefficient (Wildman–Crippen LogP) is 2.08. The van der Waals surface area contributed by atoms with Crippen LogP contribution < -0.4 is 10.0 Å². The molecule has 0 unspecified atom stereocenters. The van der Waals surface area contributed by atoms with Gasteiger partial charge in [0, 0.05) is 12.7 Å². The summed E-state index contributed by atoms with van der Waals surface area (Å²) in [7, 11) is -1.66. The molecule has 1 rings (SSSR count). The van der Waals surface area contributed by atoms with E-state index in [-0.39, 0.29) is 5.75 Å². The zero-order chi connectivity index (χ0) is 13.1. The third-order valence-electron chi connectivity index (χ3n) is 2.63. The van der Waals surface area contributed by atoms with E-state index < -0.39 is 10.0 Å². The monoisotopic (exact) mass is 256 g/mol. The van der Waals surface area contributed by atoms with E-state index in [9.17, 15) is 8.42 Å². The summed E-state index contributed by atoms with van der Waals surface area (Å²) in [6.07, 6.45) is 0.668. The second kappa shape index (κ2) is 5.40. The van der Waals surface area contributed by atoms with E-state index in [1.54, 1.807) is 31.3 Å². The normalized spacial score (nSPS) is 11.8. The Hall–Kier alpha value is -1.23. The first-order valence-electron chi connectivity index (χ1n) is 5.65. The van der Waals surface area contributed by atoms with Crippen molar-refractivity contribution >= 4 is 21.4 Å². The predicted molar refractivity (Wildman–Crippen MR) is 72.5 cm³/mol. The van der Waals surface area contributed by atoms with Crippen LogP contribution >= 0.6 is 0 Å². The Morgan fingerprint density at radius 2 is 1.76 bits per heavy atom. The van der Waals surface area contributed by atoms with Crippen molar-refractivity contribution < 1.29 is 8.42 Å². The molecule has 4 nitrogen and oxygen atoms in total. The average Bonchev–Trinajstić information content (AvgIpc) is 2.27. The lowest BCUT2D eigenvalue weighted by Crippen LogP contribution is -2.29. The van der Waals surface area contributed by atoms with Crippen molar-refractivity contribution in [1.82, 2.24) is 0 Å². The largest absolute Gasteiger partial charge is 0.399 e. The molecule has 0 aliphatic heterocycles. The Balaban J connectivity index is 2.81. The quantitative estimate of drug-likeness (QED) is 0.820. The molecule has 0 amide bonds. The second-order valence-corrected chi connectivity index (χ2v) is 6.68. The molecule has 0 heterocycles. The minimum atomic E-state index is -3.23. The van der Waals surface area contributed by atoms with Gasteiger partial charge in [0.1, 0.15) is 0 Å². The third kappa shape index (κ3) is 3.93. The van der Waals surface area contributed by atoms with E-state index in [0.29, 0.717) is 23.7 Å². The van der Waals surface area contributed by atoms with Crippen LogP contribution in [0.3, 0.4) is 0 Å². The highest BCUT2D eigenvalue weighted by atomic mass is 32.2. The summed E-state index contributed by atoms with van der Waals surface area (Å²) in [6.45, 7) is 4.03. The standard InChI is InChI=1S/C12H20N2O2S/c1-10(2)8-9-17(15,16)14(3)12-6-4-11(13)5-7-12/h4-7,10H,8-9,13H2,1-3H3. The molecule has 5 heteroatoms. The number of nitrogens with zero attached hydrogens (tertiary/aromatic N) is 1. The first-order chi connectivity index (χ1) is 7.83. The first kappa shape index (κ1) is 13.8. The summed E-state index contributed by atoms with van der Waals surface area (Å²) in [5.74, 6) is 0.551. The molecule has 0 aromatic heterocycles. The van der Waals surface area contributed by atoms with Crippen molar-refractivity contribution in [2.45, 2.75) is 20.3 Å². The molecule has 0 fully saturated rings. The number of anilines is 2. The number of hydrogen-bond acceptors (Lipinski definition) is 3. The van der Waals surface area contributed by atoms with Crippen LogP contribution in [0, 0.1) is 5.92 Å². The van der Waals surface area contributed by atoms with E-state index in [2.05, 4.69) is 0 Å². The number of sulfonamides is 1. The van der Waals surface area contributed by atoms with Crippen LogP contribution in [-0.2, 0) is 10.0 Å². The molecule has 0 bridgehead atoms. The van der Waals surface area contributed by atoms with E-state index in [0.717, 1.165) is 0 Å². The van der Waals surface area contributed by atoms with E-state index in [4.69, 9.17) is 5.73 Å². The molecule has 2 N–H and O–H groups in total. The highest BCUT2D eigenvalue weighted by molar-refractivity contribution is 7.92. The van der Waals surface area contributed by atoms with Gasteiger partial charge < -0.3 is 5.73 Å². The number of benzene rings is 1. The molecule has 17 heavy (non-hydrogen) atoms. The molecule has 0 aliphatic rings. The first-order valence-corrected chi connectivity index (χ1v) is 7.26. The zero-order valence-corrected chi connectivity index (χ0v) is 11.4. The van der Waals surface area contributed by atoms with Gasteiger partial charge in [0.05, 0.1) is 11.4 Å². The Morgan fingerprint density at radius 3 is 2.24 bits per heavy atom. The topological polar surface area (TPSA) is 63.4 Å². The van der Waals surface area contributed by atoms with Gasteiger partial charge in [-0.05, 0) is 36.6 Å². The van der Waals surface area contributed by atoms with Crippen LogP contribution in [0.4, 0.5) is 11.4 Å². The van der Waals surface area contributed by atoms with Crippen LogP contribution in [-0.4, -0.2) is 21.2 Å². The van der Waals surface area contributed by atoms with E-state index >= 15 is 0 Å². The van der Waals surface area contributed by atoms with E-state index in [1.165, 1.54) is 4.31 Å². The highest BCUT2D eigenvalue weighted by Crippen LogP contribution is 2.19. The van der Waals surface area contributed by atoms with Crippen molar-refractivity contribution in [2.24, 2.45) is 5.92 Å². The lowest BCUT2D eigenvalue weighted by molar-refractivity contribution is 0.572. The van der Waals surface area contributed by atoms with Gasteiger partial charge in [-0.3, -0.25) is 4.31 Å². The molecule has 0 saturated carbocycles. The molecule has 0 spiro atoms. The van der Waals surface area contributed by atoms with Crippen molar-refractivity contribution in [3.8, 4) is 0 Å². The second-order valence-electron chi connectivity index (χ2n) is 4.56. The fourth-order valence-corrected chi connectivity index (χ4v) is 2.85. The van der Waals surface area contributed by atoms with Gasteiger partial charge in [-0.1, -0.05) is 13.8 Å². The lowest BCUT2D eigenvalue weighted by Gasteiger charge is -2.20. The van der Waals surface area contributed by atoms with Gasteiger partial charge in [-0.25, -0.2) is 8.42 Å². The molecule has 0 radical (unpaired) electrons. The zero-order valence-electron chi connectivity index (χ0n) is 10.6. The fraction of sp³-hybridized carbons (Fsp3) is 0.500. The van der Waals surface area contributed by atoms with Gasteiger partial charge >= 0.3 is 0 Å². The molecule has 0 aliphatic carbocycles. The molecule has 1 aromatic carbocycles. The maximum absolute atomic E-state index is 12.0. The summed E-state index contributed by atoms with van der Waals surface area (Å²) in [6, 6.07) is 6.82. The van der Waals surface area contributed by atoms with Crippen LogP contribution in [0.1, 0.15) is 20.3 Å². The molecule has 1 aromatic rings. The van der Waals surface area contributed by atoms with Gasteiger partial charge in [0.2, 0.25) is 10.0 Å². The summed E-state index contributed by atoms with van der Waals surface area (Å²) in [5, 5.41) is 0. The van der Waals surface area contributed by atoms with Crippen LogP contribution in [0.25, 0.3) is 0 Å². The minimum Gasteiger partial charge on any atom is -0.399 e. The molecule has 0 saturated heterocycles. The maximum Gasteiger partial charge on any atom is 0.234 e. The van der Waals surface area contributed by atoms with Gasteiger partial charge in [0.15, 0.2) is 0 Å². The highest BCUT2D eigenvalue weighted by Gasteiger charge is 2.18. The number of nitrogen functional groups attached to an aromatic ring is 1.